The molecule has 0 spiro atoms. The Morgan fingerprint density at radius 2 is 2.00 bits per heavy atom. The minimum atomic E-state index is 0.230. The zero-order chi connectivity index (χ0) is 10.2. The van der Waals surface area contributed by atoms with E-state index in [9.17, 15) is 0 Å². The first-order valence-corrected chi connectivity index (χ1v) is 4.73. The highest BCUT2D eigenvalue weighted by atomic mass is 16.5. The van der Waals surface area contributed by atoms with Gasteiger partial charge in [-0.15, -0.1) is 0 Å². The smallest absolute Gasteiger partial charge is 0.0906 e. The molecule has 0 bridgehead atoms. The maximum atomic E-state index is 7.02. The molecule has 1 rings (SSSR count). The molecule has 3 N–H and O–H groups in total. The summed E-state index contributed by atoms with van der Waals surface area (Å²) in [5.74, 6) is 0.230. The Labute approximate surface area is 84.4 Å². The standard InChI is InChI=1S/C11H16N2O/c12-11(13)7-4-8-14-9-10-5-2-1-3-6-10/h1-3,5-6H,4,7-9H2,(H3,12,13). The second-order valence-electron chi connectivity index (χ2n) is 3.17. The summed E-state index contributed by atoms with van der Waals surface area (Å²) in [6, 6.07) is 10.0. The molecule has 0 aromatic heterocycles. The first kappa shape index (κ1) is 10.7. The van der Waals surface area contributed by atoms with E-state index in [0.29, 0.717) is 19.6 Å². The van der Waals surface area contributed by atoms with Crippen molar-refractivity contribution in [3.8, 4) is 0 Å². The van der Waals surface area contributed by atoms with Crippen molar-refractivity contribution in [3.05, 3.63) is 35.9 Å². The van der Waals surface area contributed by atoms with Crippen LogP contribution in [0.1, 0.15) is 18.4 Å². The Kier molecular flexibility index (Phi) is 4.72. The Bertz CT molecular complexity index is 272. The van der Waals surface area contributed by atoms with Gasteiger partial charge in [0, 0.05) is 13.0 Å². The number of amidine groups is 1. The highest BCUT2D eigenvalue weighted by Crippen LogP contribution is 2.01. The first-order valence-electron chi connectivity index (χ1n) is 4.73. The second kappa shape index (κ2) is 6.16. The summed E-state index contributed by atoms with van der Waals surface area (Å²) in [5, 5.41) is 7.02. The van der Waals surface area contributed by atoms with Crippen LogP contribution in [0.5, 0.6) is 0 Å². The fourth-order valence-corrected chi connectivity index (χ4v) is 1.13. The number of nitrogens with two attached hydrogens (primary N) is 1. The van der Waals surface area contributed by atoms with E-state index in [0.717, 1.165) is 6.42 Å². The third kappa shape index (κ3) is 4.62. The van der Waals surface area contributed by atoms with E-state index < -0.39 is 0 Å². The molecule has 0 fully saturated rings. The lowest BCUT2D eigenvalue weighted by Crippen LogP contribution is -2.10. The van der Waals surface area contributed by atoms with Crippen LogP contribution >= 0.6 is 0 Å². The van der Waals surface area contributed by atoms with Crippen molar-refractivity contribution in [3.63, 3.8) is 0 Å². The maximum absolute atomic E-state index is 7.02. The van der Waals surface area contributed by atoms with Crippen LogP contribution in [0.4, 0.5) is 0 Å². The highest BCUT2D eigenvalue weighted by molar-refractivity contribution is 5.76. The number of nitrogens with one attached hydrogen (secondary N) is 1. The van der Waals surface area contributed by atoms with Gasteiger partial charge < -0.3 is 10.5 Å². The molecule has 0 aliphatic heterocycles. The van der Waals surface area contributed by atoms with E-state index >= 15 is 0 Å². The summed E-state index contributed by atoms with van der Waals surface area (Å²) >= 11 is 0. The van der Waals surface area contributed by atoms with Crippen molar-refractivity contribution in [2.45, 2.75) is 19.4 Å². The number of benzene rings is 1. The molecule has 0 aliphatic carbocycles. The van der Waals surface area contributed by atoms with E-state index in [1.54, 1.807) is 0 Å². The minimum Gasteiger partial charge on any atom is -0.388 e. The molecule has 0 aliphatic rings. The molecule has 76 valence electrons. The zero-order valence-electron chi connectivity index (χ0n) is 8.20. The maximum Gasteiger partial charge on any atom is 0.0906 e. The van der Waals surface area contributed by atoms with Gasteiger partial charge in [-0.25, -0.2) is 0 Å². The molecule has 0 atom stereocenters. The second-order valence-corrected chi connectivity index (χ2v) is 3.17. The van der Waals surface area contributed by atoms with E-state index in [-0.39, 0.29) is 5.84 Å². The Morgan fingerprint density at radius 1 is 1.29 bits per heavy atom. The summed E-state index contributed by atoms with van der Waals surface area (Å²) in [6.07, 6.45) is 1.44. The van der Waals surface area contributed by atoms with Crippen molar-refractivity contribution < 1.29 is 4.74 Å². The SMILES string of the molecule is N=C(N)CCCOCc1ccccc1. The van der Waals surface area contributed by atoms with Gasteiger partial charge in [-0.1, -0.05) is 30.3 Å². The molecule has 0 saturated heterocycles. The van der Waals surface area contributed by atoms with Crippen LogP contribution in [0.3, 0.4) is 0 Å². The van der Waals surface area contributed by atoms with Crippen molar-refractivity contribution >= 4 is 5.84 Å². The third-order valence-corrected chi connectivity index (χ3v) is 1.85. The molecule has 0 heterocycles. The van der Waals surface area contributed by atoms with Gasteiger partial charge in [-0.05, 0) is 12.0 Å². The van der Waals surface area contributed by atoms with Gasteiger partial charge in [0.05, 0.1) is 12.4 Å². The lowest BCUT2D eigenvalue weighted by atomic mass is 10.2. The average Bonchev–Trinajstić information content (AvgIpc) is 2.18. The van der Waals surface area contributed by atoms with E-state index in [1.165, 1.54) is 5.56 Å². The summed E-state index contributed by atoms with van der Waals surface area (Å²) in [7, 11) is 0. The van der Waals surface area contributed by atoms with E-state index in [4.69, 9.17) is 15.9 Å². The van der Waals surface area contributed by atoms with Crippen molar-refractivity contribution in [2.75, 3.05) is 6.61 Å². The predicted octanol–water partition coefficient (Wildman–Crippen LogP) is 1.92. The lowest BCUT2D eigenvalue weighted by Gasteiger charge is -2.03. The molecule has 0 radical (unpaired) electrons. The molecule has 14 heavy (non-hydrogen) atoms. The van der Waals surface area contributed by atoms with Crippen LogP contribution in [0, 0.1) is 5.41 Å². The summed E-state index contributed by atoms with van der Waals surface area (Å²) < 4.78 is 5.42. The highest BCUT2D eigenvalue weighted by Gasteiger charge is 1.93. The first-order chi connectivity index (χ1) is 6.79. The molecule has 3 nitrogen and oxygen atoms in total. The molecular formula is C11H16N2O. The van der Waals surface area contributed by atoms with Gasteiger partial charge in [-0.2, -0.15) is 0 Å². The third-order valence-electron chi connectivity index (χ3n) is 1.85. The lowest BCUT2D eigenvalue weighted by molar-refractivity contribution is 0.119. The normalized spacial score (nSPS) is 10.0. The number of ether oxygens (including phenoxy) is 1. The van der Waals surface area contributed by atoms with E-state index in [2.05, 4.69) is 0 Å². The van der Waals surface area contributed by atoms with Gasteiger partial charge in [0.25, 0.3) is 0 Å². The minimum absolute atomic E-state index is 0.230. The molecule has 1 aromatic carbocycles. The molecular weight excluding hydrogens is 176 g/mol. The van der Waals surface area contributed by atoms with Gasteiger partial charge in [0.15, 0.2) is 0 Å². The molecule has 0 amide bonds. The average molecular weight is 192 g/mol. The Hall–Kier alpha value is -1.35. The quantitative estimate of drug-likeness (QED) is 0.411. The van der Waals surface area contributed by atoms with Gasteiger partial charge in [-0.3, -0.25) is 5.41 Å². The number of rotatable bonds is 6. The van der Waals surface area contributed by atoms with Crippen LogP contribution in [-0.4, -0.2) is 12.4 Å². The number of hydrogen-bond donors (Lipinski definition) is 2. The Morgan fingerprint density at radius 3 is 2.64 bits per heavy atom. The van der Waals surface area contributed by atoms with E-state index in [1.807, 2.05) is 30.3 Å². The fraction of sp³-hybridized carbons (Fsp3) is 0.364. The van der Waals surface area contributed by atoms with Crippen LogP contribution in [0.25, 0.3) is 0 Å². The molecule has 3 heteroatoms. The fourth-order valence-electron chi connectivity index (χ4n) is 1.13. The molecule has 0 saturated carbocycles. The van der Waals surface area contributed by atoms with Crippen molar-refractivity contribution in [2.24, 2.45) is 5.73 Å². The largest absolute Gasteiger partial charge is 0.388 e. The number of hydrogen-bond acceptors (Lipinski definition) is 2. The zero-order valence-corrected chi connectivity index (χ0v) is 8.20. The topological polar surface area (TPSA) is 59.1 Å². The van der Waals surface area contributed by atoms with Crippen LogP contribution < -0.4 is 5.73 Å². The summed E-state index contributed by atoms with van der Waals surface area (Å²) in [6.45, 7) is 1.30. The molecule has 0 unspecified atom stereocenters. The van der Waals surface area contributed by atoms with Crippen LogP contribution in [0.2, 0.25) is 0 Å². The predicted molar refractivity (Wildman–Crippen MR) is 57.2 cm³/mol. The Balaban J connectivity index is 2.08. The van der Waals surface area contributed by atoms with Crippen LogP contribution in [0.15, 0.2) is 30.3 Å². The molecule has 1 aromatic rings. The monoisotopic (exact) mass is 192 g/mol. The summed E-state index contributed by atoms with van der Waals surface area (Å²) in [5.41, 5.74) is 6.39. The van der Waals surface area contributed by atoms with Gasteiger partial charge >= 0.3 is 0 Å². The van der Waals surface area contributed by atoms with Gasteiger partial charge in [0.2, 0.25) is 0 Å². The van der Waals surface area contributed by atoms with Crippen LogP contribution in [-0.2, 0) is 11.3 Å². The van der Waals surface area contributed by atoms with Gasteiger partial charge in [0.1, 0.15) is 0 Å². The summed E-state index contributed by atoms with van der Waals surface area (Å²) in [4.78, 5) is 0. The van der Waals surface area contributed by atoms with Crippen molar-refractivity contribution in [1.82, 2.24) is 0 Å². The van der Waals surface area contributed by atoms with Crippen molar-refractivity contribution in [1.29, 1.82) is 5.41 Å².